The summed E-state index contributed by atoms with van der Waals surface area (Å²) in [5, 5.41) is 6.23. The Hall–Kier alpha value is -2.57. The molecule has 6 heteroatoms. The van der Waals surface area contributed by atoms with Crippen molar-refractivity contribution in [3.05, 3.63) is 65.0 Å². The molecule has 0 saturated carbocycles. The summed E-state index contributed by atoms with van der Waals surface area (Å²) in [7, 11) is 4.11. The second-order valence-corrected chi connectivity index (χ2v) is 9.30. The number of amides is 1. The van der Waals surface area contributed by atoms with Crippen LogP contribution in [0.1, 0.15) is 30.4 Å². The molecule has 1 aliphatic rings. The van der Waals surface area contributed by atoms with Gasteiger partial charge in [-0.15, -0.1) is 11.3 Å². The number of nitrogens with one attached hydrogen (secondary N) is 1. The molecule has 4 rings (SSSR count). The molecule has 0 aliphatic carbocycles. The summed E-state index contributed by atoms with van der Waals surface area (Å²) < 4.78 is 6.86. The van der Waals surface area contributed by atoms with Crippen molar-refractivity contribution < 1.29 is 9.53 Å². The zero-order chi connectivity index (χ0) is 21.6. The van der Waals surface area contributed by atoms with E-state index in [4.69, 9.17) is 4.74 Å². The lowest BCUT2D eigenvalue weighted by Crippen LogP contribution is -2.43. The normalized spacial score (nSPS) is 16.9. The Morgan fingerprint density at radius 1 is 1.16 bits per heavy atom. The van der Waals surface area contributed by atoms with E-state index in [2.05, 4.69) is 71.0 Å². The van der Waals surface area contributed by atoms with Gasteiger partial charge >= 0.3 is 6.09 Å². The Labute approximate surface area is 188 Å². The molecule has 1 amide bonds. The summed E-state index contributed by atoms with van der Waals surface area (Å²) >= 11 is 1.70. The van der Waals surface area contributed by atoms with E-state index in [1.54, 1.807) is 11.3 Å². The Morgan fingerprint density at radius 2 is 1.97 bits per heavy atom. The average molecular weight is 438 g/mol. The molecule has 0 bridgehead atoms. The third-order valence-electron chi connectivity index (χ3n) is 5.98. The number of hydrogen-bond acceptors (Lipinski definition) is 5. The highest BCUT2D eigenvalue weighted by molar-refractivity contribution is 7.17. The summed E-state index contributed by atoms with van der Waals surface area (Å²) in [4.78, 5) is 16.9. The quantitative estimate of drug-likeness (QED) is 0.548. The summed E-state index contributed by atoms with van der Waals surface area (Å²) in [5.74, 6) is 0. The van der Waals surface area contributed by atoms with Gasteiger partial charge in [0.1, 0.15) is 6.61 Å². The number of carbonyl (C=O) groups excluding carboxylic acids is 1. The SMILES string of the molecule is CN(C)c1ccc(CN2CCCCC2COC(=O)NCc2csc3ccccc23)cc1. The molecule has 1 aliphatic heterocycles. The molecule has 5 nitrogen and oxygen atoms in total. The van der Waals surface area contributed by atoms with Crippen LogP contribution in [-0.2, 0) is 17.8 Å². The predicted molar refractivity (Wildman–Crippen MR) is 129 cm³/mol. The first-order chi connectivity index (χ1) is 15.1. The number of anilines is 1. The molecule has 1 saturated heterocycles. The first kappa shape index (κ1) is 21.7. The Balaban J connectivity index is 1.28. The largest absolute Gasteiger partial charge is 0.448 e. The van der Waals surface area contributed by atoms with Gasteiger partial charge in [0, 0.05) is 43.6 Å². The number of rotatable bonds is 7. The zero-order valence-corrected chi connectivity index (χ0v) is 19.2. The van der Waals surface area contributed by atoms with Crippen molar-refractivity contribution in [2.24, 2.45) is 0 Å². The van der Waals surface area contributed by atoms with E-state index in [1.807, 2.05) is 12.1 Å². The molecule has 1 fully saturated rings. The standard InChI is InChI=1S/C25H31N3O2S/c1-27(2)21-12-10-19(11-13-21)16-28-14-6-5-7-22(28)17-30-25(29)26-15-20-18-31-24-9-4-3-8-23(20)24/h3-4,8-13,18,22H,5-7,14-17H2,1-2H3,(H,26,29). The lowest BCUT2D eigenvalue weighted by atomic mass is 10.0. The predicted octanol–water partition coefficient (Wildman–Crippen LogP) is 5.25. The van der Waals surface area contributed by atoms with Crippen molar-refractivity contribution in [2.75, 3.05) is 32.1 Å². The van der Waals surface area contributed by atoms with E-state index in [-0.39, 0.29) is 12.1 Å². The Kier molecular flexibility index (Phi) is 7.10. The van der Waals surface area contributed by atoms with Crippen molar-refractivity contribution in [3.8, 4) is 0 Å². The molecule has 0 radical (unpaired) electrons. The van der Waals surface area contributed by atoms with Crippen LogP contribution in [0.2, 0.25) is 0 Å². The smallest absolute Gasteiger partial charge is 0.407 e. The minimum Gasteiger partial charge on any atom is -0.448 e. The van der Waals surface area contributed by atoms with Gasteiger partial charge < -0.3 is 15.0 Å². The van der Waals surface area contributed by atoms with Crippen molar-refractivity contribution >= 4 is 33.2 Å². The van der Waals surface area contributed by atoms with E-state index in [9.17, 15) is 4.79 Å². The van der Waals surface area contributed by atoms with Gasteiger partial charge in [-0.2, -0.15) is 0 Å². The highest BCUT2D eigenvalue weighted by Crippen LogP contribution is 2.25. The molecule has 3 aromatic rings. The summed E-state index contributed by atoms with van der Waals surface area (Å²) in [6.45, 7) is 2.87. The molecule has 1 N–H and O–H groups in total. The highest BCUT2D eigenvalue weighted by Gasteiger charge is 2.24. The Morgan fingerprint density at radius 3 is 2.77 bits per heavy atom. The first-order valence-electron chi connectivity index (χ1n) is 11.0. The average Bonchev–Trinajstić information content (AvgIpc) is 3.20. The van der Waals surface area contributed by atoms with E-state index < -0.39 is 0 Å². The van der Waals surface area contributed by atoms with Crippen LogP contribution in [0.4, 0.5) is 10.5 Å². The minimum atomic E-state index is -0.337. The van der Waals surface area contributed by atoms with E-state index in [0.717, 1.165) is 25.1 Å². The molecule has 2 aromatic carbocycles. The van der Waals surface area contributed by atoms with Gasteiger partial charge in [0.05, 0.1) is 0 Å². The number of fused-ring (bicyclic) bond motifs is 1. The van der Waals surface area contributed by atoms with E-state index in [0.29, 0.717) is 13.2 Å². The second-order valence-electron chi connectivity index (χ2n) is 8.39. The molecule has 164 valence electrons. The molecular weight excluding hydrogens is 406 g/mol. The maximum atomic E-state index is 12.3. The molecular formula is C25H31N3O2S. The van der Waals surface area contributed by atoms with Crippen LogP contribution >= 0.6 is 11.3 Å². The number of likely N-dealkylation sites (tertiary alicyclic amines) is 1. The summed E-state index contributed by atoms with van der Waals surface area (Å²) in [5.41, 5.74) is 3.64. The minimum absolute atomic E-state index is 0.273. The molecule has 0 spiro atoms. The fourth-order valence-electron chi connectivity index (χ4n) is 4.15. The number of benzene rings is 2. The van der Waals surface area contributed by atoms with Crippen LogP contribution in [0, 0.1) is 0 Å². The topological polar surface area (TPSA) is 44.8 Å². The zero-order valence-electron chi connectivity index (χ0n) is 18.3. The maximum absolute atomic E-state index is 12.3. The van der Waals surface area contributed by atoms with Gasteiger partial charge in [0.25, 0.3) is 0 Å². The van der Waals surface area contributed by atoms with Crippen LogP contribution < -0.4 is 10.2 Å². The fourth-order valence-corrected chi connectivity index (χ4v) is 5.11. The first-order valence-corrected chi connectivity index (χ1v) is 11.8. The van der Waals surface area contributed by atoms with Crippen LogP contribution in [0.5, 0.6) is 0 Å². The van der Waals surface area contributed by atoms with Crippen LogP contribution in [0.25, 0.3) is 10.1 Å². The third-order valence-corrected chi connectivity index (χ3v) is 6.99. The van der Waals surface area contributed by atoms with Gasteiger partial charge in [-0.1, -0.05) is 36.8 Å². The van der Waals surface area contributed by atoms with Gasteiger partial charge in [0.15, 0.2) is 0 Å². The number of hydrogen-bond donors (Lipinski definition) is 1. The van der Waals surface area contributed by atoms with Crippen LogP contribution in [-0.4, -0.2) is 44.3 Å². The van der Waals surface area contributed by atoms with Gasteiger partial charge in [-0.05, 0) is 59.5 Å². The van der Waals surface area contributed by atoms with Crippen molar-refractivity contribution in [1.82, 2.24) is 10.2 Å². The summed E-state index contributed by atoms with van der Waals surface area (Å²) in [6, 6.07) is 17.2. The van der Waals surface area contributed by atoms with Crippen molar-refractivity contribution in [1.29, 1.82) is 0 Å². The number of carbonyl (C=O) groups is 1. The molecule has 1 aromatic heterocycles. The monoisotopic (exact) mass is 437 g/mol. The lowest BCUT2D eigenvalue weighted by Gasteiger charge is -2.35. The van der Waals surface area contributed by atoms with Crippen LogP contribution in [0.15, 0.2) is 53.9 Å². The van der Waals surface area contributed by atoms with E-state index >= 15 is 0 Å². The Bertz CT molecular complexity index is 999. The molecule has 2 heterocycles. The number of thiophene rings is 1. The maximum Gasteiger partial charge on any atom is 0.407 e. The van der Waals surface area contributed by atoms with Crippen molar-refractivity contribution in [3.63, 3.8) is 0 Å². The highest BCUT2D eigenvalue weighted by atomic mass is 32.1. The van der Waals surface area contributed by atoms with Crippen molar-refractivity contribution in [2.45, 2.75) is 38.4 Å². The number of alkyl carbamates (subject to hydrolysis) is 1. The third kappa shape index (κ3) is 5.57. The number of ether oxygens (including phenoxy) is 1. The number of piperidine rings is 1. The summed E-state index contributed by atoms with van der Waals surface area (Å²) in [6.07, 6.45) is 3.12. The van der Waals surface area contributed by atoms with Gasteiger partial charge in [0.2, 0.25) is 0 Å². The molecule has 31 heavy (non-hydrogen) atoms. The molecule has 1 unspecified atom stereocenters. The van der Waals surface area contributed by atoms with Gasteiger partial charge in [-0.25, -0.2) is 4.79 Å². The molecule has 1 atom stereocenters. The van der Waals surface area contributed by atoms with Crippen LogP contribution in [0.3, 0.4) is 0 Å². The lowest BCUT2D eigenvalue weighted by molar-refractivity contribution is 0.0638. The van der Waals surface area contributed by atoms with Gasteiger partial charge in [-0.3, -0.25) is 4.90 Å². The second kappa shape index (κ2) is 10.2. The number of nitrogens with zero attached hydrogens (tertiary/aromatic N) is 2. The fraction of sp³-hybridized carbons (Fsp3) is 0.400. The van der Waals surface area contributed by atoms with E-state index in [1.165, 1.54) is 34.2 Å².